The second-order valence-electron chi connectivity index (χ2n) is 6.45. The zero-order valence-electron chi connectivity index (χ0n) is 14.7. The number of rotatable bonds is 5. The number of aromatic nitrogens is 5. The van der Waals surface area contributed by atoms with Crippen molar-refractivity contribution in [3.63, 3.8) is 0 Å². The maximum Gasteiger partial charge on any atom is 0.319 e. The lowest BCUT2D eigenvalue weighted by Gasteiger charge is -2.18. The van der Waals surface area contributed by atoms with Gasteiger partial charge in [0.15, 0.2) is 0 Å². The highest BCUT2D eigenvalue weighted by molar-refractivity contribution is 5.89. The number of benzene rings is 1. The number of nitrogens with zero attached hydrogens (tertiary/aromatic N) is 5. The predicted molar refractivity (Wildman–Crippen MR) is 94.3 cm³/mol. The number of carbonyl (C=O) groups is 1. The summed E-state index contributed by atoms with van der Waals surface area (Å²) in [6, 6.07) is 8.76. The zero-order valence-corrected chi connectivity index (χ0v) is 14.7. The maximum absolute atomic E-state index is 12.4. The van der Waals surface area contributed by atoms with Gasteiger partial charge < -0.3 is 19.9 Å². The third-order valence-corrected chi connectivity index (χ3v) is 4.37. The lowest BCUT2D eigenvalue weighted by molar-refractivity contribution is 0.181. The molecule has 0 radical (unpaired) electrons. The summed E-state index contributed by atoms with van der Waals surface area (Å²) in [6.45, 7) is 2.92. The molecule has 0 aliphatic carbocycles. The Morgan fingerprint density at radius 1 is 1.33 bits per heavy atom. The number of tetrazole rings is 1. The lowest BCUT2D eigenvalue weighted by atomic mass is 9.98. The summed E-state index contributed by atoms with van der Waals surface area (Å²) in [5, 5.41) is 20.8. The van der Waals surface area contributed by atoms with E-state index < -0.39 is 0 Å². The fourth-order valence-electron chi connectivity index (χ4n) is 3.07. The molecule has 2 atom stereocenters. The Kier molecular flexibility index (Phi) is 4.79. The molecule has 0 bridgehead atoms. The van der Waals surface area contributed by atoms with Gasteiger partial charge in [0.25, 0.3) is 0 Å². The number of amides is 2. The molecule has 0 spiro atoms. The van der Waals surface area contributed by atoms with Gasteiger partial charge in [0.05, 0.1) is 30.6 Å². The van der Waals surface area contributed by atoms with E-state index in [1.165, 1.54) is 11.0 Å². The van der Waals surface area contributed by atoms with E-state index in [-0.39, 0.29) is 18.0 Å². The Morgan fingerprint density at radius 3 is 3.04 bits per heavy atom. The number of nitrogens with one attached hydrogen (secondary N) is 2. The number of hydrogen-bond donors (Lipinski definition) is 2. The maximum atomic E-state index is 12.4. The van der Waals surface area contributed by atoms with Crippen LogP contribution in [0.2, 0.25) is 0 Å². The number of anilines is 1. The van der Waals surface area contributed by atoms with Crippen molar-refractivity contribution in [3.05, 3.63) is 48.1 Å². The fraction of sp³-hybridized carbons (Fsp3) is 0.353. The molecular formula is C17H19N7O3. The highest BCUT2D eigenvalue weighted by atomic mass is 16.5. The molecule has 1 aliphatic heterocycles. The molecule has 0 saturated carbocycles. The Labute approximate surface area is 154 Å². The van der Waals surface area contributed by atoms with E-state index in [0.29, 0.717) is 25.3 Å². The molecule has 3 heterocycles. The van der Waals surface area contributed by atoms with Crippen LogP contribution in [-0.2, 0) is 11.2 Å². The van der Waals surface area contributed by atoms with Gasteiger partial charge >= 0.3 is 6.03 Å². The second kappa shape index (κ2) is 7.54. The van der Waals surface area contributed by atoms with Crippen molar-refractivity contribution in [2.45, 2.75) is 19.4 Å². The Morgan fingerprint density at radius 2 is 2.26 bits per heavy atom. The topological polar surface area (TPSA) is 120 Å². The Hall–Kier alpha value is -3.27. The van der Waals surface area contributed by atoms with E-state index in [4.69, 9.17) is 9.26 Å². The molecule has 10 heteroatoms. The van der Waals surface area contributed by atoms with Crippen LogP contribution in [-0.4, -0.2) is 50.7 Å². The predicted octanol–water partition coefficient (Wildman–Crippen LogP) is 1.34. The summed E-state index contributed by atoms with van der Waals surface area (Å²) in [5.74, 6) is 0.931. The van der Waals surface area contributed by atoms with Gasteiger partial charge in [-0.15, -0.1) is 5.10 Å². The van der Waals surface area contributed by atoms with E-state index >= 15 is 0 Å². The molecule has 3 aromatic rings. The number of urea groups is 1. The van der Waals surface area contributed by atoms with Crippen LogP contribution in [0.1, 0.15) is 11.5 Å². The number of ether oxygens (including phenoxy) is 1. The van der Waals surface area contributed by atoms with Crippen molar-refractivity contribution in [3.8, 4) is 5.69 Å². The number of carbonyl (C=O) groups excluding carboxylic acids is 1. The van der Waals surface area contributed by atoms with Crippen molar-refractivity contribution >= 4 is 11.7 Å². The second-order valence-corrected chi connectivity index (χ2v) is 6.45. The van der Waals surface area contributed by atoms with Gasteiger partial charge in [-0.2, -0.15) is 0 Å². The molecule has 2 amide bonds. The first kappa shape index (κ1) is 17.2. The van der Waals surface area contributed by atoms with Gasteiger partial charge in [-0.25, -0.2) is 9.48 Å². The molecule has 1 saturated heterocycles. The van der Waals surface area contributed by atoms with Crippen molar-refractivity contribution < 1.29 is 14.1 Å². The van der Waals surface area contributed by atoms with Crippen LogP contribution in [0, 0.1) is 12.8 Å². The molecule has 2 N–H and O–H groups in total. The molecule has 4 rings (SSSR count). The first-order chi connectivity index (χ1) is 13.2. The van der Waals surface area contributed by atoms with Crippen LogP contribution in [0.25, 0.3) is 5.69 Å². The Balaban J connectivity index is 1.36. The first-order valence-electron chi connectivity index (χ1n) is 8.58. The standard InChI is InChI=1S/C17H19N7O3/c1-11-5-15(27-21-11)6-12-8-26-9-16(12)20-17(25)19-13-3-2-4-14(7-13)24-10-18-22-23-24/h2-5,7,10,12,16H,6,8-9H2,1H3,(H2,19,20,25)/t12-,16+/m1/s1. The summed E-state index contributed by atoms with van der Waals surface area (Å²) in [6.07, 6.45) is 2.16. The molecule has 27 heavy (non-hydrogen) atoms. The SMILES string of the molecule is Cc1cc(C[C@@H]2COC[C@@H]2NC(=O)Nc2cccc(-n3cnnn3)c2)on1. The third-order valence-electron chi connectivity index (χ3n) is 4.37. The summed E-state index contributed by atoms with van der Waals surface area (Å²) in [5.41, 5.74) is 2.23. The van der Waals surface area contributed by atoms with Crippen molar-refractivity contribution in [2.75, 3.05) is 18.5 Å². The summed E-state index contributed by atoms with van der Waals surface area (Å²) < 4.78 is 12.3. The van der Waals surface area contributed by atoms with Crippen molar-refractivity contribution in [2.24, 2.45) is 5.92 Å². The minimum absolute atomic E-state index is 0.0990. The fourth-order valence-corrected chi connectivity index (χ4v) is 3.07. The van der Waals surface area contributed by atoms with Crippen LogP contribution in [0.15, 0.2) is 41.2 Å². The van der Waals surface area contributed by atoms with Crippen LogP contribution in [0.4, 0.5) is 10.5 Å². The van der Waals surface area contributed by atoms with E-state index in [0.717, 1.165) is 17.1 Å². The average molecular weight is 369 g/mol. The van der Waals surface area contributed by atoms with E-state index in [1.54, 1.807) is 12.1 Å². The average Bonchev–Trinajstić information content (AvgIpc) is 3.39. The van der Waals surface area contributed by atoms with Gasteiger partial charge in [-0.1, -0.05) is 11.2 Å². The van der Waals surface area contributed by atoms with Crippen LogP contribution in [0.5, 0.6) is 0 Å². The number of aryl methyl sites for hydroxylation is 1. The van der Waals surface area contributed by atoms with Gasteiger partial charge in [-0.05, 0) is 35.5 Å². The molecular weight excluding hydrogens is 350 g/mol. The zero-order chi connectivity index (χ0) is 18.6. The smallest absolute Gasteiger partial charge is 0.319 e. The quantitative estimate of drug-likeness (QED) is 0.696. The summed E-state index contributed by atoms with van der Waals surface area (Å²) in [7, 11) is 0. The van der Waals surface area contributed by atoms with E-state index in [2.05, 4.69) is 31.3 Å². The van der Waals surface area contributed by atoms with Crippen LogP contribution in [0.3, 0.4) is 0 Å². The minimum Gasteiger partial charge on any atom is -0.379 e. The molecule has 1 aromatic carbocycles. The molecule has 2 aromatic heterocycles. The summed E-state index contributed by atoms with van der Waals surface area (Å²) in [4.78, 5) is 12.4. The lowest BCUT2D eigenvalue weighted by Crippen LogP contribution is -2.42. The normalized spacial score (nSPS) is 19.1. The van der Waals surface area contributed by atoms with Crippen molar-refractivity contribution in [1.82, 2.24) is 30.7 Å². The monoisotopic (exact) mass is 369 g/mol. The van der Waals surface area contributed by atoms with Gasteiger partial charge in [-0.3, -0.25) is 0 Å². The largest absolute Gasteiger partial charge is 0.379 e. The minimum atomic E-state index is -0.293. The van der Waals surface area contributed by atoms with Gasteiger partial charge in [0, 0.05) is 24.1 Å². The Bertz CT molecular complexity index is 909. The summed E-state index contributed by atoms with van der Waals surface area (Å²) >= 11 is 0. The molecule has 1 fully saturated rings. The first-order valence-corrected chi connectivity index (χ1v) is 8.58. The van der Waals surface area contributed by atoms with Crippen molar-refractivity contribution in [1.29, 1.82) is 0 Å². The van der Waals surface area contributed by atoms with Gasteiger partial charge in [0.1, 0.15) is 12.1 Å². The molecule has 0 unspecified atom stereocenters. The highest BCUT2D eigenvalue weighted by Gasteiger charge is 2.30. The molecule has 1 aliphatic rings. The van der Waals surface area contributed by atoms with E-state index in [1.807, 2.05) is 25.1 Å². The molecule has 140 valence electrons. The van der Waals surface area contributed by atoms with E-state index in [9.17, 15) is 4.79 Å². The van der Waals surface area contributed by atoms with Gasteiger partial charge in [0.2, 0.25) is 0 Å². The van der Waals surface area contributed by atoms with Crippen LogP contribution < -0.4 is 10.6 Å². The highest BCUT2D eigenvalue weighted by Crippen LogP contribution is 2.20. The molecule has 10 nitrogen and oxygen atoms in total. The van der Waals surface area contributed by atoms with Crippen LogP contribution >= 0.6 is 0 Å². The number of hydrogen-bond acceptors (Lipinski definition) is 7. The third kappa shape index (κ3) is 4.11.